The van der Waals surface area contributed by atoms with Crippen molar-refractivity contribution in [2.75, 3.05) is 11.9 Å². The monoisotopic (exact) mass is 213 g/mol. The SMILES string of the molecule is NCC1(C(=O)Nc2nnns2)CCC1. The van der Waals surface area contributed by atoms with Crippen LogP contribution in [-0.4, -0.2) is 27.3 Å². The first-order valence-corrected chi connectivity index (χ1v) is 5.21. The molecule has 0 unspecified atom stereocenters. The number of aromatic nitrogens is 3. The van der Waals surface area contributed by atoms with E-state index in [4.69, 9.17) is 5.73 Å². The molecule has 0 atom stereocenters. The second kappa shape index (κ2) is 3.58. The van der Waals surface area contributed by atoms with E-state index in [0.29, 0.717) is 11.7 Å². The molecule has 7 heteroatoms. The standard InChI is InChI=1S/C7H11N5OS/c8-4-7(2-1-3-7)5(13)9-6-10-11-12-14-6/h1-4,8H2,(H,9,10,12,13). The van der Waals surface area contributed by atoms with Crippen molar-refractivity contribution in [2.24, 2.45) is 11.1 Å². The molecule has 76 valence electrons. The number of carbonyl (C=O) groups is 1. The van der Waals surface area contributed by atoms with E-state index in [1.165, 1.54) is 0 Å². The van der Waals surface area contributed by atoms with Gasteiger partial charge in [0.25, 0.3) is 0 Å². The number of hydrogen-bond acceptors (Lipinski definition) is 6. The van der Waals surface area contributed by atoms with Crippen LogP contribution in [0.25, 0.3) is 0 Å². The molecule has 0 aliphatic heterocycles. The number of nitrogens with one attached hydrogen (secondary N) is 1. The fourth-order valence-electron chi connectivity index (χ4n) is 1.54. The van der Waals surface area contributed by atoms with Gasteiger partial charge in [0.15, 0.2) is 0 Å². The molecule has 0 bridgehead atoms. The van der Waals surface area contributed by atoms with Crippen molar-refractivity contribution in [3.05, 3.63) is 0 Å². The largest absolute Gasteiger partial charge is 0.329 e. The van der Waals surface area contributed by atoms with Crippen LogP contribution < -0.4 is 11.1 Å². The van der Waals surface area contributed by atoms with Gasteiger partial charge in [-0.05, 0) is 18.1 Å². The third-order valence-corrected chi connectivity index (χ3v) is 3.21. The van der Waals surface area contributed by atoms with Crippen LogP contribution in [0.5, 0.6) is 0 Å². The second-order valence-electron chi connectivity index (χ2n) is 3.46. The van der Waals surface area contributed by atoms with E-state index < -0.39 is 0 Å². The highest BCUT2D eigenvalue weighted by Gasteiger charge is 2.43. The van der Waals surface area contributed by atoms with Gasteiger partial charge in [0.05, 0.1) is 5.41 Å². The molecule has 3 N–H and O–H groups in total. The lowest BCUT2D eigenvalue weighted by Crippen LogP contribution is -2.47. The Balaban J connectivity index is 2.01. The number of anilines is 1. The van der Waals surface area contributed by atoms with Crippen molar-refractivity contribution in [1.29, 1.82) is 0 Å². The number of nitrogens with two attached hydrogens (primary N) is 1. The van der Waals surface area contributed by atoms with Gasteiger partial charge in [-0.2, -0.15) is 0 Å². The van der Waals surface area contributed by atoms with Gasteiger partial charge < -0.3 is 5.73 Å². The number of nitrogens with zero attached hydrogens (tertiary/aromatic N) is 3. The van der Waals surface area contributed by atoms with Crippen molar-refractivity contribution < 1.29 is 4.79 Å². The Morgan fingerprint density at radius 3 is 2.86 bits per heavy atom. The minimum atomic E-state index is -0.369. The summed E-state index contributed by atoms with van der Waals surface area (Å²) in [4.78, 5) is 11.8. The van der Waals surface area contributed by atoms with Crippen molar-refractivity contribution in [1.82, 2.24) is 14.8 Å². The fraction of sp³-hybridized carbons (Fsp3) is 0.714. The summed E-state index contributed by atoms with van der Waals surface area (Å²) in [7, 11) is 0. The number of rotatable bonds is 3. The predicted octanol–water partition coefficient (Wildman–Crippen LogP) is 0.000600. The Morgan fingerprint density at radius 2 is 2.43 bits per heavy atom. The van der Waals surface area contributed by atoms with Gasteiger partial charge in [0.2, 0.25) is 11.0 Å². The average molecular weight is 213 g/mol. The Hall–Kier alpha value is -1.08. The van der Waals surface area contributed by atoms with E-state index in [1.54, 1.807) is 0 Å². The van der Waals surface area contributed by atoms with E-state index in [0.717, 1.165) is 30.8 Å². The number of hydrogen-bond donors (Lipinski definition) is 2. The molecule has 0 saturated heterocycles. The molecule has 1 saturated carbocycles. The zero-order chi connectivity index (χ0) is 10.0. The summed E-state index contributed by atoms with van der Waals surface area (Å²) in [5.41, 5.74) is 5.22. The molecule has 0 spiro atoms. The van der Waals surface area contributed by atoms with E-state index >= 15 is 0 Å². The van der Waals surface area contributed by atoms with E-state index in [-0.39, 0.29) is 11.3 Å². The predicted molar refractivity (Wildman–Crippen MR) is 51.7 cm³/mol. The number of carbonyl (C=O) groups excluding carboxylic acids is 1. The van der Waals surface area contributed by atoms with Crippen LogP contribution in [0.1, 0.15) is 19.3 Å². The van der Waals surface area contributed by atoms with Crippen molar-refractivity contribution in [2.45, 2.75) is 19.3 Å². The van der Waals surface area contributed by atoms with Crippen LogP contribution in [-0.2, 0) is 4.79 Å². The minimum Gasteiger partial charge on any atom is -0.329 e. The van der Waals surface area contributed by atoms with Crippen LogP contribution >= 0.6 is 11.5 Å². The topological polar surface area (TPSA) is 93.8 Å². The van der Waals surface area contributed by atoms with Crippen molar-refractivity contribution >= 4 is 22.6 Å². The lowest BCUT2D eigenvalue weighted by Gasteiger charge is -2.38. The third kappa shape index (κ3) is 1.48. The summed E-state index contributed by atoms with van der Waals surface area (Å²) < 4.78 is 3.56. The molecular weight excluding hydrogens is 202 g/mol. The van der Waals surface area contributed by atoms with Crippen molar-refractivity contribution in [3.8, 4) is 0 Å². The summed E-state index contributed by atoms with van der Waals surface area (Å²) in [5, 5.41) is 10.2. The molecule has 1 aliphatic carbocycles. The molecule has 0 radical (unpaired) electrons. The Bertz CT molecular complexity index is 315. The Morgan fingerprint density at radius 1 is 1.64 bits per heavy atom. The lowest BCUT2D eigenvalue weighted by atomic mass is 9.68. The van der Waals surface area contributed by atoms with Gasteiger partial charge in [0.1, 0.15) is 0 Å². The van der Waals surface area contributed by atoms with Gasteiger partial charge >= 0.3 is 0 Å². The van der Waals surface area contributed by atoms with Gasteiger partial charge in [-0.3, -0.25) is 10.1 Å². The summed E-state index contributed by atoms with van der Waals surface area (Å²) >= 11 is 1.07. The zero-order valence-corrected chi connectivity index (χ0v) is 8.38. The van der Waals surface area contributed by atoms with E-state index in [1.807, 2.05) is 0 Å². The van der Waals surface area contributed by atoms with E-state index in [9.17, 15) is 4.79 Å². The van der Waals surface area contributed by atoms with Gasteiger partial charge in [-0.15, -0.1) is 0 Å². The van der Waals surface area contributed by atoms with Crippen LogP contribution in [0.3, 0.4) is 0 Å². The van der Waals surface area contributed by atoms with Gasteiger partial charge in [-0.1, -0.05) is 16.0 Å². The molecule has 1 fully saturated rings. The maximum Gasteiger partial charge on any atom is 0.233 e. The highest BCUT2D eigenvalue weighted by molar-refractivity contribution is 7.09. The highest BCUT2D eigenvalue weighted by Crippen LogP contribution is 2.40. The molecule has 1 aromatic rings. The highest BCUT2D eigenvalue weighted by atomic mass is 32.1. The molecule has 14 heavy (non-hydrogen) atoms. The maximum absolute atomic E-state index is 11.8. The first-order valence-electron chi connectivity index (χ1n) is 4.43. The molecule has 6 nitrogen and oxygen atoms in total. The molecule has 1 aliphatic rings. The summed E-state index contributed by atoms with van der Waals surface area (Å²) in [6.45, 7) is 0.394. The van der Waals surface area contributed by atoms with Crippen LogP contribution in [0.4, 0.5) is 5.13 Å². The Kier molecular flexibility index (Phi) is 2.42. The molecule has 1 heterocycles. The molecule has 1 aromatic heterocycles. The molecule has 2 rings (SSSR count). The second-order valence-corrected chi connectivity index (χ2v) is 4.19. The molecule has 1 amide bonds. The quantitative estimate of drug-likeness (QED) is 0.737. The normalized spacial score (nSPS) is 18.6. The van der Waals surface area contributed by atoms with Gasteiger partial charge in [-0.25, -0.2) is 0 Å². The average Bonchev–Trinajstić information content (AvgIpc) is 2.55. The van der Waals surface area contributed by atoms with E-state index in [2.05, 4.69) is 20.1 Å². The number of amides is 1. The molecule has 0 aromatic carbocycles. The van der Waals surface area contributed by atoms with Crippen LogP contribution in [0.15, 0.2) is 0 Å². The molecular formula is C7H11N5OS. The maximum atomic E-state index is 11.8. The van der Waals surface area contributed by atoms with Crippen LogP contribution in [0, 0.1) is 5.41 Å². The van der Waals surface area contributed by atoms with Crippen LogP contribution in [0.2, 0.25) is 0 Å². The zero-order valence-electron chi connectivity index (χ0n) is 7.56. The Labute approximate surface area is 85.0 Å². The smallest absolute Gasteiger partial charge is 0.233 e. The fourth-order valence-corrected chi connectivity index (χ4v) is 1.90. The summed E-state index contributed by atoms with van der Waals surface area (Å²) in [6.07, 6.45) is 2.79. The summed E-state index contributed by atoms with van der Waals surface area (Å²) in [5.74, 6) is -0.0511. The van der Waals surface area contributed by atoms with Crippen molar-refractivity contribution in [3.63, 3.8) is 0 Å². The lowest BCUT2D eigenvalue weighted by molar-refractivity contribution is -0.129. The van der Waals surface area contributed by atoms with Gasteiger partial charge in [0, 0.05) is 18.1 Å². The third-order valence-electron chi connectivity index (χ3n) is 2.70. The first-order chi connectivity index (χ1) is 6.77. The minimum absolute atomic E-state index is 0.0511. The first kappa shape index (κ1) is 9.47. The summed E-state index contributed by atoms with van der Waals surface area (Å²) in [6, 6.07) is 0.